The number of fused-ring (bicyclic) bond motifs is 5. The van der Waals surface area contributed by atoms with E-state index in [-0.39, 0.29) is 48.3 Å². The zero-order valence-electron chi connectivity index (χ0n) is 19.2. The van der Waals surface area contributed by atoms with Gasteiger partial charge in [0.1, 0.15) is 6.61 Å². The number of carbonyl (C=O) groups is 1. The lowest BCUT2D eigenvalue weighted by Gasteiger charge is -2.56. The van der Waals surface area contributed by atoms with Crippen molar-refractivity contribution < 1.29 is 28.3 Å². The van der Waals surface area contributed by atoms with E-state index in [1.165, 1.54) is 4.90 Å². The number of hydrogen-bond acceptors (Lipinski definition) is 9. The van der Waals surface area contributed by atoms with Crippen molar-refractivity contribution in [2.24, 2.45) is 10.4 Å². The van der Waals surface area contributed by atoms with Crippen molar-refractivity contribution >= 4 is 34.8 Å². The van der Waals surface area contributed by atoms with Gasteiger partial charge in [0.2, 0.25) is 5.58 Å². The van der Waals surface area contributed by atoms with Gasteiger partial charge < -0.3 is 24.0 Å². The zero-order chi connectivity index (χ0) is 23.6. The summed E-state index contributed by atoms with van der Waals surface area (Å²) >= 11 is 0. The first kappa shape index (κ1) is 21.8. The first-order chi connectivity index (χ1) is 16.4. The molecule has 6 rings (SSSR count). The highest BCUT2D eigenvalue weighted by Gasteiger charge is 2.53. The molecule has 2 fully saturated rings. The van der Waals surface area contributed by atoms with Crippen molar-refractivity contribution in [2.45, 2.75) is 51.0 Å². The highest BCUT2D eigenvalue weighted by molar-refractivity contribution is 6.01. The third-order valence-electron chi connectivity index (χ3n) is 7.47. The van der Waals surface area contributed by atoms with E-state index in [0.29, 0.717) is 43.7 Å². The number of aromatic nitrogens is 1. The molecule has 2 N–H and O–H groups in total. The highest BCUT2D eigenvalue weighted by atomic mass is 19.1. The number of carbonyl (C=O) groups excluding carboxylic acids is 1. The molecule has 4 aliphatic heterocycles. The summed E-state index contributed by atoms with van der Waals surface area (Å²) in [4.78, 5) is 20.5. The van der Waals surface area contributed by atoms with Gasteiger partial charge in [-0.1, -0.05) is 5.16 Å². The van der Waals surface area contributed by atoms with Crippen molar-refractivity contribution in [1.82, 2.24) is 10.5 Å². The number of anilines is 2. The van der Waals surface area contributed by atoms with Crippen LogP contribution in [0.4, 0.5) is 20.7 Å². The number of morpholine rings is 1. The Morgan fingerprint density at radius 2 is 2.24 bits per heavy atom. The molecule has 4 aliphatic rings. The molecule has 0 radical (unpaired) electrons. The van der Waals surface area contributed by atoms with Crippen molar-refractivity contribution in [3.05, 3.63) is 17.4 Å². The molecule has 2 aromatic rings. The quantitative estimate of drug-likeness (QED) is 0.695. The largest absolute Gasteiger partial charge is 0.447 e. The second-order valence-electron chi connectivity index (χ2n) is 9.75. The van der Waals surface area contributed by atoms with Crippen LogP contribution in [0.2, 0.25) is 0 Å². The van der Waals surface area contributed by atoms with E-state index in [2.05, 4.69) is 20.4 Å². The normalized spacial score (nSPS) is 32.9. The number of aliphatic hydroxyl groups excluding tert-OH is 1. The molecule has 0 bridgehead atoms. The molecule has 0 aliphatic carbocycles. The summed E-state index contributed by atoms with van der Waals surface area (Å²) in [5.74, 6) is -0.271. The molecule has 1 unspecified atom stereocenters. The molecule has 182 valence electrons. The van der Waals surface area contributed by atoms with Crippen LogP contribution in [0.3, 0.4) is 0 Å². The number of hydrogen-bond donors (Lipinski definition) is 2. The Labute approximate surface area is 195 Å². The third-order valence-corrected chi connectivity index (χ3v) is 7.47. The predicted molar refractivity (Wildman–Crippen MR) is 122 cm³/mol. The van der Waals surface area contributed by atoms with E-state index in [1.54, 1.807) is 0 Å². The average Bonchev–Trinajstić information content (AvgIpc) is 3.37. The van der Waals surface area contributed by atoms with E-state index in [9.17, 15) is 9.90 Å². The number of rotatable bonds is 3. The minimum Gasteiger partial charge on any atom is -0.447 e. The van der Waals surface area contributed by atoms with E-state index in [1.807, 2.05) is 26.1 Å². The maximum absolute atomic E-state index is 16.1. The number of aliphatic imine (C=N–C) groups is 1. The lowest BCUT2D eigenvalue weighted by molar-refractivity contribution is -0.0522. The van der Waals surface area contributed by atoms with Crippen LogP contribution in [-0.4, -0.2) is 79.8 Å². The van der Waals surface area contributed by atoms with Crippen LogP contribution in [0, 0.1) is 11.2 Å². The minimum atomic E-state index is -0.581. The Balaban J connectivity index is 1.52. The molecular weight excluding hydrogens is 445 g/mol. The molecule has 2 saturated heterocycles. The van der Waals surface area contributed by atoms with Crippen LogP contribution in [0.25, 0.3) is 11.0 Å². The summed E-state index contributed by atoms with van der Waals surface area (Å²) in [5, 5.41) is 17.3. The highest BCUT2D eigenvalue weighted by Crippen LogP contribution is 2.48. The van der Waals surface area contributed by atoms with Crippen molar-refractivity contribution in [1.29, 1.82) is 0 Å². The van der Waals surface area contributed by atoms with Gasteiger partial charge in [0.05, 0.1) is 42.0 Å². The molecule has 0 saturated carbocycles. The number of aliphatic hydroxyl groups is 1. The molecule has 11 heteroatoms. The summed E-state index contributed by atoms with van der Waals surface area (Å²) < 4.78 is 33.0. The fourth-order valence-corrected chi connectivity index (χ4v) is 6.28. The minimum absolute atomic E-state index is 0.00753. The van der Waals surface area contributed by atoms with Crippen LogP contribution in [-0.2, 0) is 15.9 Å². The first-order valence-electron chi connectivity index (χ1n) is 11.7. The molecule has 1 spiro atoms. The second-order valence-corrected chi connectivity index (χ2v) is 9.75. The Morgan fingerprint density at radius 1 is 1.38 bits per heavy atom. The fourth-order valence-electron chi connectivity index (χ4n) is 6.28. The van der Waals surface area contributed by atoms with Gasteiger partial charge in [0.25, 0.3) is 0 Å². The number of cyclic esters (lactones) is 1. The topological polar surface area (TPSA) is 113 Å². The molecule has 10 nitrogen and oxygen atoms in total. The standard InChI is InChI=1S/C23H28FN5O5/c1-12-7-28-18-14(6-23(9-25-11-26-10-23)20(28)13(2)33-12)5-16-19(17(18)24)34-27-21(16)29-15(3-4-30)8-32-22(29)31/h5,9,12-13,15,20,26,30H,3-4,6-8,10-11H2,1-2H3/t12-,13+,15+,20-,23?/m1/s1. The summed E-state index contributed by atoms with van der Waals surface area (Å²) in [6, 6.07) is 1.40. The summed E-state index contributed by atoms with van der Waals surface area (Å²) in [5.41, 5.74) is 0.957. The molecule has 5 heterocycles. The van der Waals surface area contributed by atoms with E-state index >= 15 is 4.39 Å². The van der Waals surface area contributed by atoms with Crippen molar-refractivity contribution in [2.75, 3.05) is 42.8 Å². The van der Waals surface area contributed by atoms with Gasteiger partial charge in [-0.25, -0.2) is 9.18 Å². The Morgan fingerprint density at radius 3 is 3.00 bits per heavy atom. The average molecular weight is 474 g/mol. The number of ether oxygens (including phenoxy) is 2. The third kappa shape index (κ3) is 3.06. The second kappa shape index (κ2) is 7.89. The summed E-state index contributed by atoms with van der Waals surface area (Å²) in [6.07, 6.45) is 2.12. The number of benzene rings is 1. The Kier molecular flexibility index (Phi) is 5.05. The smallest absolute Gasteiger partial charge is 0.416 e. The number of nitrogens with zero attached hydrogens (tertiary/aromatic N) is 4. The molecule has 5 atom stereocenters. The first-order valence-corrected chi connectivity index (χ1v) is 11.7. The fraction of sp³-hybridized carbons (Fsp3) is 0.609. The number of halogens is 1. The maximum Gasteiger partial charge on any atom is 0.416 e. The van der Waals surface area contributed by atoms with Crippen LogP contribution in [0.15, 0.2) is 15.6 Å². The SMILES string of the molecule is C[C@@H]1CN2c3c(cc4c(N5C(=O)OC[C@@H]5CCO)noc4c3F)CC3(C=NCNC3)[C@H]2[C@H](C)O1. The molecule has 34 heavy (non-hydrogen) atoms. The van der Waals surface area contributed by atoms with Crippen LogP contribution in [0.5, 0.6) is 0 Å². The van der Waals surface area contributed by atoms with Gasteiger partial charge in [-0.05, 0) is 38.3 Å². The van der Waals surface area contributed by atoms with Gasteiger partial charge in [0, 0.05) is 31.3 Å². The molecule has 1 aromatic heterocycles. The van der Waals surface area contributed by atoms with Gasteiger partial charge in [-0.15, -0.1) is 0 Å². The van der Waals surface area contributed by atoms with Crippen molar-refractivity contribution in [3.63, 3.8) is 0 Å². The van der Waals surface area contributed by atoms with Crippen LogP contribution < -0.4 is 15.1 Å². The van der Waals surface area contributed by atoms with Crippen LogP contribution in [0.1, 0.15) is 25.8 Å². The Bertz CT molecular complexity index is 1170. The number of amides is 1. The Hall–Kier alpha value is -2.76. The van der Waals surface area contributed by atoms with Crippen molar-refractivity contribution in [3.8, 4) is 0 Å². The monoisotopic (exact) mass is 473 g/mol. The lowest BCUT2D eigenvalue weighted by atomic mass is 9.68. The number of nitrogens with one attached hydrogen (secondary N) is 1. The van der Waals surface area contributed by atoms with Gasteiger partial charge in [-0.3, -0.25) is 15.2 Å². The zero-order valence-corrected chi connectivity index (χ0v) is 19.2. The molecule has 1 aromatic carbocycles. The summed E-state index contributed by atoms with van der Waals surface area (Å²) in [6.45, 7) is 5.85. The predicted octanol–water partition coefficient (Wildman–Crippen LogP) is 1.83. The molecule has 1 amide bonds. The van der Waals surface area contributed by atoms with E-state index in [0.717, 1.165) is 5.56 Å². The van der Waals surface area contributed by atoms with Gasteiger partial charge in [0.15, 0.2) is 11.6 Å². The maximum atomic E-state index is 16.1. The van der Waals surface area contributed by atoms with Gasteiger partial charge in [-0.2, -0.15) is 0 Å². The van der Waals surface area contributed by atoms with Crippen LogP contribution >= 0.6 is 0 Å². The van der Waals surface area contributed by atoms with Gasteiger partial charge >= 0.3 is 6.09 Å². The molecular formula is C23H28FN5O5. The summed E-state index contributed by atoms with van der Waals surface area (Å²) in [7, 11) is 0. The van der Waals surface area contributed by atoms with E-state index < -0.39 is 18.0 Å². The van der Waals surface area contributed by atoms with E-state index in [4.69, 9.17) is 14.0 Å². The lowest BCUT2D eigenvalue weighted by Crippen LogP contribution is -2.67.